The molecule has 0 radical (unpaired) electrons. The van der Waals surface area contributed by atoms with E-state index in [2.05, 4.69) is 43.7 Å². The van der Waals surface area contributed by atoms with E-state index in [1.54, 1.807) is 12.1 Å². The lowest BCUT2D eigenvalue weighted by molar-refractivity contribution is 0.0604. The number of benzene rings is 1. The molecule has 3 heterocycles. The molecule has 2 aromatic heterocycles. The molecule has 1 unspecified atom stereocenters. The average Bonchev–Trinajstić information content (AvgIpc) is 3.69. The molecule has 7 nitrogen and oxygen atoms in total. The Balaban J connectivity index is 1.52. The minimum Gasteiger partial charge on any atom is -0.360 e. The molecule has 1 aromatic carbocycles. The van der Waals surface area contributed by atoms with Gasteiger partial charge in [0.25, 0.3) is 5.91 Å². The zero-order valence-electron chi connectivity index (χ0n) is 22.9. The molecule has 2 aliphatic rings. The lowest BCUT2D eigenvalue weighted by atomic mass is 9.94. The molecule has 0 bridgehead atoms. The first kappa shape index (κ1) is 26.0. The summed E-state index contributed by atoms with van der Waals surface area (Å²) in [5.74, 6) is 1.59. The zero-order chi connectivity index (χ0) is 26.8. The van der Waals surface area contributed by atoms with Crippen LogP contribution < -0.4 is 4.90 Å². The molecule has 1 aliphatic carbocycles. The lowest BCUT2D eigenvalue weighted by Crippen LogP contribution is -2.39. The second-order valence-corrected chi connectivity index (χ2v) is 11.0. The van der Waals surface area contributed by atoms with Crippen LogP contribution in [0.3, 0.4) is 0 Å². The van der Waals surface area contributed by atoms with Crippen LogP contribution in [0.5, 0.6) is 0 Å². The standard InChI is InChI=1S/C31H38N6O/c1-5-15-35(4)30-19-26(24-13-14-24)33-29-18-27(34-37(29)30)28-8-6-7-16-36(28)31(38)25-17-22(20-32)10-12-23(25)11-9-21(2)3/h10,12,17-19,24,28H,2,5-9,11,13-16H2,1,3-4H3. The van der Waals surface area contributed by atoms with Crippen molar-refractivity contribution in [3.05, 3.63) is 70.6 Å². The number of amides is 1. The van der Waals surface area contributed by atoms with Gasteiger partial charge in [-0.05, 0) is 76.0 Å². The Hall–Kier alpha value is -3.66. The van der Waals surface area contributed by atoms with Gasteiger partial charge in [-0.1, -0.05) is 18.6 Å². The molecule has 38 heavy (non-hydrogen) atoms. The Morgan fingerprint density at radius 3 is 2.71 bits per heavy atom. The maximum Gasteiger partial charge on any atom is 0.254 e. The Morgan fingerprint density at radius 1 is 1.18 bits per heavy atom. The van der Waals surface area contributed by atoms with Crippen molar-refractivity contribution >= 4 is 17.4 Å². The number of carbonyl (C=O) groups is 1. The van der Waals surface area contributed by atoms with E-state index in [0.29, 0.717) is 23.6 Å². The van der Waals surface area contributed by atoms with Crippen molar-refractivity contribution in [3.63, 3.8) is 0 Å². The predicted octanol–water partition coefficient (Wildman–Crippen LogP) is 6.20. The van der Waals surface area contributed by atoms with Crippen molar-refractivity contribution in [2.75, 3.05) is 25.0 Å². The van der Waals surface area contributed by atoms with Gasteiger partial charge in [-0.3, -0.25) is 4.79 Å². The second kappa shape index (κ2) is 11.0. The lowest BCUT2D eigenvalue weighted by Gasteiger charge is -2.35. The molecule has 0 spiro atoms. The number of hydrogen-bond acceptors (Lipinski definition) is 5. The van der Waals surface area contributed by atoms with Gasteiger partial charge in [0.2, 0.25) is 0 Å². The van der Waals surface area contributed by atoms with E-state index in [1.165, 1.54) is 12.8 Å². The minimum absolute atomic E-state index is 0.0180. The third-order valence-electron chi connectivity index (χ3n) is 7.79. The van der Waals surface area contributed by atoms with Crippen molar-refractivity contribution in [2.45, 2.75) is 77.2 Å². The van der Waals surface area contributed by atoms with Crippen LogP contribution in [0.1, 0.15) is 104 Å². The highest BCUT2D eigenvalue weighted by Gasteiger charge is 2.33. The Bertz CT molecular complexity index is 1400. The van der Waals surface area contributed by atoms with E-state index in [1.807, 2.05) is 22.4 Å². The first-order valence-electron chi connectivity index (χ1n) is 14.0. The van der Waals surface area contributed by atoms with Crippen LogP contribution in [0.2, 0.25) is 0 Å². The number of aromatic nitrogens is 3. The summed E-state index contributed by atoms with van der Waals surface area (Å²) >= 11 is 0. The van der Waals surface area contributed by atoms with Crippen LogP contribution in [-0.4, -0.2) is 45.5 Å². The molecule has 198 valence electrons. The number of allylic oxidation sites excluding steroid dienone is 1. The molecule has 1 saturated heterocycles. The largest absolute Gasteiger partial charge is 0.360 e. The number of hydrogen-bond donors (Lipinski definition) is 0. The van der Waals surface area contributed by atoms with Gasteiger partial charge >= 0.3 is 0 Å². The number of rotatable bonds is 9. The number of fused-ring (bicyclic) bond motifs is 1. The monoisotopic (exact) mass is 510 g/mol. The molecule has 3 aromatic rings. The summed E-state index contributed by atoms with van der Waals surface area (Å²) in [5, 5.41) is 14.6. The summed E-state index contributed by atoms with van der Waals surface area (Å²) in [5.41, 5.74) is 6.07. The van der Waals surface area contributed by atoms with Crippen LogP contribution in [0.15, 0.2) is 42.5 Å². The van der Waals surface area contributed by atoms with Gasteiger partial charge in [0.05, 0.1) is 23.4 Å². The normalized spacial score (nSPS) is 17.4. The van der Waals surface area contributed by atoms with Crippen molar-refractivity contribution in [1.82, 2.24) is 19.5 Å². The van der Waals surface area contributed by atoms with Crippen molar-refractivity contribution in [1.29, 1.82) is 5.26 Å². The third kappa shape index (κ3) is 5.31. The Morgan fingerprint density at radius 2 is 2.00 bits per heavy atom. The van der Waals surface area contributed by atoms with Gasteiger partial charge in [0, 0.05) is 49.4 Å². The average molecular weight is 511 g/mol. The molecular formula is C31H38N6O. The molecule has 1 amide bonds. The van der Waals surface area contributed by atoms with E-state index in [9.17, 15) is 10.1 Å². The molecule has 1 saturated carbocycles. The summed E-state index contributed by atoms with van der Waals surface area (Å²) in [6.07, 6.45) is 7.86. The topological polar surface area (TPSA) is 77.5 Å². The van der Waals surface area contributed by atoms with E-state index in [-0.39, 0.29) is 11.9 Å². The van der Waals surface area contributed by atoms with Gasteiger partial charge in [0.15, 0.2) is 5.65 Å². The number of carbonyl (C=O) groups excluding carboxylic acids is 1. The smallest absolute Gasteiger partial charge is 0.254 e. The van der Waals surface area contributed by atoms with Gasteiger partial charge in [-0.25, -0.2) is 4.98 Å². The number of nitrogens with zero attached hydrogens (tertiary/aromatic N) is 6. The van der Waals surface area contributed by atoms with Gasteiger partial charge in [0.1, 0.15) is 5.82 Å². The number of likely N-dealkylation sites (tertiary alicyclic amines) is 1. The fraction of sp³-hybridized carbons (Fsp3) is 0.484. The molecule has 0 N–H and O–H groups in total. The maximum absolute atomic E-state index is 14.1. The number of piperidine rings is 1. The highest BCUT2D eigenvalue weighted by atomic mass is 16.2. The first-order chi connectivity index (χ1) is 18.4. The van der Waals surface area contributed by atoms with Crippen LogP contribution >= 0.6 is 0 Å². The number of aryl methyl sites for hydroxylation is 1. The van der Waals surface area contributed by atoms with Crippen molar-refractivity contribution in [3.8, 4) is 6.07 Å². The molecule has 1 aliphatic heterocycles. The zero-order valence-corrected chi connectivity index (χ0v) is 22.9. The summed E-state index contributed by atoms with van der Waals surface area (Å²) in [6.45, 7) is 9.83. The third-order valence-corrected chi connectivity index (χ3v) is 7.79. The van der Waals surface area contributed by atoms with E-state index in [0.717, 1.165) is 79.1 Å². The molecule has 7 heteroatoms. The van der Waals surface area contributed by atoms with Crippen LogP contribution in [-0.2, 0) is 6.42 Å². The summed E-state index contributed by atoms with van der Waals surface area (Å²) in [4.78, 5) is 23.3. The van der Waals surface area contributed by atoms with Gasteiger partial charge in [-0.15, -0.1) is 6.58 Å². The van der Waals surface area contributed by atoms with Crippen molar-refractivity contribution in [2.24, 2.45) is 0 Å². The highest BCUT2D eigenvalue weighted by Crippen LogP contribution is 2.41. The predicted molar refractivity (Wildman–Crippen MR) is 150 cm³/mol. The SMILES string of the molecule is C=C(C)CCc1ccc(C#N)cc1C(=O)N1CCCCC1c1cc2nc(C3CC3)cc(N(C)CCC)n2n1. The van der Waals surface area contributed by atoms with Gasteiger partial charge < -0.3 is 9.80 Å². The molecule has 2 fully saturated rings. The maximum atomic E-state index is 14.1. The van der Waals surface area contributed by atoms with Crippen LogP contribution in [0.25, 0.3) is 5.65 Å². The van der Waals surface area contributed by atoms with Crippen LogP contribution in [0, 0.1) is 11.3 Å². The Labute approximate surface area is 225 Å². The number of anilines is 1. The summed E-state index contributed by atoms with van der Waals surface area (Å²) in [7, 11) is 2.11. The Kier molecular flexibility index (Phi) is 7.51. The molecule has 5 rings (SSSR count). The molecular weight excluding hydrogens is 472 g/mol. The van der Waals surface area contributed by atoms with Crippen LogP contribution in [0.4, 0.5) is 5.82 Å². The first-order valence-corrected chi connectivity index (χ1v) is 14.0. The fourth-order valence-electron chi connectivity index (χ4n) is 5.52. The van der Waals surface area contributed by atoms with Gasteiger partial charge in [-0.2, -0.15) is 14.9 Å². The van der Waals surface area contributed by atoms with E-state index < -0.39 is 0 Å². The summed E-state index contributed by atoms with van der Waals surface area (Å²) < 4.78 is 1.96. The highest BCUT2D eigenvalue weighted by molar-refractivity contribution is 5.96. The fourth-order valence-corrected chi connectivity index (χ4v) is 5.52. The van der Waals surface area contributed by atoms with E-state index >= 15 is 0 Å². The second-order valence-electron chi connectivity index (χ2n) is 11.0. The minimum atomic E-state index is -0.119. The molecule has 1 atom stereocenters. The quantitative estimate of drug-likeness (QED) is 0.320. The number of nitriles is 1. The van der Waals surface area contributed by atoms with Crippen molar-refractivity contribution < 1.29 is 4.79 Å². The summed E-state index contributed by atoms with van der Waals surface area (Å²) in [6, 6.07) is 11.9. The van der Waals surface area contributed by atoms with E-state index in [4.69, 9.17) is 10.1 Å².